The van der Waals surface area contributed by atoms with Crippen LogP contribution in [0.4, 0.5) is 22.7 Å². The number of nitrogens with zero attached hydrogens (tertiary/aromatic N) is 2. The van der Waals surface area contributed by atoms with Crippen LogP contribution in [0.25, 0.3) is 0 Å². The van der Waals surface area contributed by atoms with Gasteiger partial charge in [-0.15, -0.1) is 0 Å². The molecule has 1 aliphatic rings. The van der Waals surface area contributed by atoms with E-state index < -0.39 is 21.9 Å². The Labute approximate surface area is 284 Å². The Hall–Kier alpha value is -4.52. The highest BCUT2D eigenvalue weighted by Crippen LogP contribution is 2.38. The summed E-state index contributed by atoms with van der Waals surface area (Å²) in [5, 5.41) is 23.1. The van der Waals surface area contributed by atoms with Gasteiger partial charge >= 0.3 is 0 Å². The molecule has 0 radical (unpaired) electrons. The third-order valence-electron chi connectivity index (χ3n) is 8.71. The van der Waals surface area contributed by atoms with Crippen molar-refractivity contribution >= 4 is 22.7 Å². The highest BCUT2D eigenvalue weighted by Gasteiger charge is 2.34. The molecule has 13 nitrogen and oxygen atoms in total. The van der Waals surface area contributed by atoms with E-state index in [9.17, 15) is 20.2 Å². The summed E-state index contributed by atoms with van der Waals surface area (Å²) in [5.41, 5.74) is 22.0. The molecule has 0 aliphatic heterocycles. The van der Waals surface area contributed by atoms with E-state index in [1.807, 2.05) is 37.3 Å². The van der Waals surface area contributed by atoms with Crippen molar-refractivity contribution in [3.8, 4) is 11.5 Å². The molecule has 4 unspecified atom stereocenters. The van der Waals surface area contributed by atoms with E-state index in [0.29, 0.717) is 53.6 Å². The molecule has 0 bridgehead atoms. The van der Waals surface area contributed by atoms with Crippen LogP contribution in [0.3, 0.4) is 0 Å². The van der Waals surface area contributed by atoms with Crippen LogP contribution in [0.2, 0.25) is 0 Å². The van der Waals surface area contributed by atoms with Crippen molar-refractivity contribution in [2.24, 2.45) is 11.8 Å². The maximum absolute atomic E-state index is 11.9. The number of benzene rings is 2. The van der Waals surface area contributed by atoms with Gasteiger partial charge in [-0.3, -0.25) is 25.7 Å². The number of hydrogen-bond acceptors (Lipinski definition) is 11. The van der Waals surface area contributed by atoms with E-state index >= 15 is 0 Å². The molecule has 13 heteroatoms. The molecule has 0 aromatic heterocycles. The van der Waals surface area contributed by atoms with Crippen molar-refractivity contribution in [3.63, 3.8) is 0 Å². The molecule has 3 rings (SSSR count). The van der Waals surface area contributed by atoms with Crippen LogP contribution >= 0.6 is 0 Å². The zero-order chi connectivity index (χ0) is 35.1. The zero-order valence-electron chi connectivity index (χ0n) is 28.9. The average Bonchev–Trinajstić information content (AvgIpc) is 3.07. The number of ether oxygens (including phenoxy) is 2. The molecule has 48 heavy (non-hydrogen) atoms. The van der Waals surface area contributed by atoms with Gasteiger partial charge in [0.15, 0.2) is 0 Å². The number of nitro groups is 2. The number of anilines is 4. The summed E-state index contributed by atoms with van der Waals surface area (Å²) in [6.45, 7) is 11.6. The minimum Gasteiger partial charge on any atom is -0.491 e. The van der Waals surface area contributed by atoms with Gasteiger partial charge in [-0.25, -0.2) is 5.43 Å². The smallest absolute Gasteiger partial charge is 0.272 e. The summed E-state index contributed by atoms with van der Waals surface area (Å²) in [4.78, 5) is 22.0. The molecule has 6 N–H and O–H groups in total. The van der Waals surface area contributed by atoms with Crippen molar-refractivity contribution in [2.75, 3.05) is 35.2 Å². The normalized spacial score (nSPS) is 16.8. The monoisotopic (exact) mass is 667 g/mol. The first-order valence-electron chi connectivity index (χ1n) is 17.1. The summed E-state index contributed by atoms with van der Waals surface area (Å²) in [7, 11) is 0. The number of nitrogens with one attached hydrogen (secondary N) is 4. The molecule has 0 fully saturated rings. The Kier molecular flexibility index (Phi) is 15.3. The highest BCUT2D eigenvalue weighted by atomic mass is 16.6. The first-order chi connectivity index (χ1) is 23.1. The predicted molar refractivity (Wildman–Crippen MR) is 192 cm³/mol. The maximum atomic E-state index is 11.9. The Morgan fingerprint density at radius 1 is 0.833 bits per heavy atom. The number of nitrogen functional groups attached to an aromatic ring is 1. The summed E-state index contributed by atoms with van der Waals surface area (Å²) in [6.07, 6.45) is 12.2. The van der Waals surface area contributed by atoms with Gasteiger partial charge < -0.3 is 26.1 Å². The zero-order valence-corrected chi connectivity index (χ0v) is 28.9. The van der Waals surface area contributed by atoms with E-state index in [-0.39, 0.29) is 5.70 Å². The minimum absolute atomic E-state index is 0.319. The standard InChI is InChI=1S/C35H53N7O6/c1-6-10-12-25(8-3)22-47-34-21-32(40-38-30-17-15-28(41(43)44)19-33(30)42(45)46)35(48-23-26(9-4)13-11-7-2)20-31(34)39-37-29-16-14-27(36)18-24(29)5/h14-21,25-26,30,33,37-40H,6-13,22-23,36H2,1-5H3. The molecule has 1 aliphatic carbocycles. The van der Waals surface area contributed by atoms with Crippen molar-refractivity contribution in [1.82, 2.24) is 5.43 Å². The fourth-order valence-electron chi connectivity index (χ4n) is 5.43. The Balaban J connectivity index is 1.98. The second kappa shape index (κ2) is 19.3. The van der Waals surface area contributed by atoms with Gasteiger partial charge in [0.1, 0.15) is 17.5 Å². The highest BCUT2D eigenvalue weighted by molar-refractivity contribution is 5.72. The molecule has 0 spiro atoms. The largest absolute Gasteiger partial charge is 0.491 e. The van der Waals surface area contributed by atoms with Gasteiger partial charge in [0.25, 0.3) is 11.7 Å². The summed E-state index contributed by atoms with van der Waals surface area (Å²) in [6, 6.07) is 7.06. The number of rotatable bonds is 22. The Morgan fingerprint density at radius 3 is 1.90 bits per heavy atom. The number of nitrogens with two attached hydrogens (primary N) is 1. The Morgan fingerprint density at radius 2 is 1.40 bits per heavy atom. The second-order valence-corrected chi connectivity index (χ2v) is 12.4. The van der Waals surface area contributed by atoms with Gasteiger partial charge in [0, 0.05) is 28.8 Å². The maximum Gasteiger partial charge on any atom is 0.272 e. The van der Waals surface area contributed by atoms with Crippen LogP contribution in [0.15, 0.2) is 54.3 Å². The van der Waals surface area contributed by atoms with Crippen LogP contribution in [-0.2, 0) is 0 Å². The lowest BCUT2D eigenvalue weighted by molar-refractivity contribution is -0.514. The molecule has 0 saturated heterocycles. The van der Waals surface area contributed by atoms with Gasteiger partial charge in [-0.2, -0.15) is 0 Å². The number of allylic oxidation sites excluding steroid dienone is 1. The lowest BCUT2D eigenvalue weighted by atomic mass is 10.0. The third-order valence-corrected chi connectivity index (χ3v) is 8.71. The van der Waals surface area contributed by atoms with E-state index in [1.165, 1.54) is 12.2 Å². The van der Waals surface area contributed by atoms with Crippen molar-refractivity contribution in [2.45, 2.75) is 98.1 Å². The number of hydrazine groups is 2. The molecule has 0 amide bonds. The second-order valence-electron chi connectivity index (χ2n) is 12.4. The van der Waals surface area contributed by atoms with Gasteiger partial charge in [0.2, 0.25) is 0 Å². The topological polar surface area (TPSA) is 179 Å². The van der Waals surface area contributed by atoms with Crippen LogP contribution in [-0.4, -0.2) is 35.1 Å². The SMILES string of the molecule is CCCCC(CC)COc1cc(NNC2C=CC([N+](=O)[O-])=CC2[N+](=O)[O-])c(OCC(CC)CCCC)cc1NNc1ccc(N)cc1C. The summed E-state index contributed by atoms with van der Waals surface area (Å²) in [5.74, 6) is 1.79. The van der Waals surface area contributed by atoms with Crippen LogP contribution < -0.4 is 36.9 Å². The fourth-order valence-corrected chi connectivity index (χ4v) is 5.43. The van der Waals surface area contributed by atoms with Crippen LogP contribution in [0.1, 0.15) is 84.6 Å². The van der Waals surface area contributed by atoms with E-state index in [2.05, 4.69) is 49.4 Å². The van der Waals surface area contributed by atoms with Gasteiger partial charge in [0.05, 0.1) is 41.3 Å². The first kappa shape index (κ1) is 37.9. The predicted octanol–water partition coefficient (Wildman–Crippen LogP) is 7.87. The van der Waals surface area contributed by atoms with Crippen LogP contribution in [0.5, 0.6) is 11.5 Å². The molecular weight excluding hydrogens is 614 g/mol. The molecule has 264 valence electrons. The lowest BCUT2D eigenvalue weighted by Gasteiger charge is -2.25. The van der Waals surface area contributed by atoms with Crippen molar-refractivity contribution in [1.29, 1.82) is 0 Å². The fraction of sp³-hybridized carbons (Fsp3) is 0.543. The molecular formula is C35H53N7O6. The van der Waals surface area contributed by atoms with E-state index in [1.54, 1.807) is 0 Å². The number of aryl methyl sites for hydroxylation is 1. The Bertz CT molecular complexity index is 1420. The van der Waals surface area contributed by atoms with Crippen molar-refractivity contribution in [3.05, 3.63) is 80.0 Å². The molecule has 0 heterocycles. The number of hydrogen-bond donors (Lipinski definition) is 5. The third kappa shape index (κ3) is 11.3. The van der Waals surface area contributed by atoms with E-state index in [0.717, 1.165) is 68.7 Å². The molecule has 2 aromatic rings. The van der Waals surface area contributed by atoms with E-state index in [4.69, 9.17) is 15.2 Å². The summed E-state index contributed by atoms with van der Waals surface area (Å²) >= 11 is 0. The van der Waals surface area contributed by atoms with Crippen molar-refractivity contribution < 1.29 is 19.3 Å². The molecule has 4 atom stereocenters. The van der Waals surface area contributed by atoms with Crippen LogP contribution in [0, 0.1) is 39.0 Å². The van der Waals surface area contributed by atoms with Gasteiger partial charge in [-0.05, 0) is 55.4 Å². The average molecular weight is 668 g/mol. The summed E-state index contributed by atoms with van der Waals surface area (Å²) < 4.78 is 12.9. The quantitative estimate of drug-likeness (QED) is 0.0469. The van der Waals surface area contributed by atoms with Gasteiger partial charge in [-0.1, -0.05) is 72.3 Å². The number of unbranched alkanes of at least 4 members (excludes halogenated alkanes) is 2. The molecule has 2 aromatic carbocycles. The molecule has 0 saturated carbocycles. The first-order valence-corrected chi connectivity index (χ1v) is 17.1. The lowest BCUT2D eigenvalue weighted by Crippen LogP contribution is -2.46. The minimum atomic E-state index is -1.35.